The molecular weight excluding hydrogens is 328 g/mol. The van der Waals surface area contributed by atoms with E-state index < -0.39 is 0 Å². The van der Waals surface area contributed by atoms with Crippen LogP contribution >= 0.6 is 0 Å². The van der Waals surface area contributed by atoms with Gasteiger partial charge in [0.1, 0.15) is 11.5 Å². The van der Waals surface area contributed by atoms with Gasteiger partial charge in [0.05, 0.1) is 13.2 Å². The van der Waals surface area contributed by atoms with E-state index in [-0.39, 0.29) is 13.2 Å². The Balaban J connectivity index is 2.01. The lowest BCUT2D eigenvalue weighted by atomic mass is 10.0. The lowest BCUT2D eigenvalue weighted by Gasteiger charge is -2.13. The first-order valence-electron chi connectivity index (χ1n) is 9.34. The Bertz CT molecular complexity index is 622. The summed E-state index contributed by atoms with van der Waals surface area (Å²) in [6.45, 7) is 5.78. The number of aryl methyl sites for hydroxylation is 2. The fourth-order valence-corrected chi connectivity index (χ4v) is 2.77. The van der Waals surface area contributed by atoms with E-state index in [2.05, 4.69) is 38.1 Å². The number of benzene rings is 2. The minimum absolute atomic E-state index is 0.210. The Morgan fingerprint density at radius 2 is 1.08 bits per heavy atom. The van der Waals surface area contributed by atoms with Gasteiger partial charge in [0, 0.05) is 13.2 Å². The minimum atomic E-state index is 0.210. The lowest BCUT2D eigenvalue weighted by molar-refractivity contribution is 0.252. The highest BCUT2D eigenvalue weighted by atomic mass is 16.5. The highest BCUT2D eigenvalue weighted by molar-refractivity contribution is 5.67. The molecule has 0 bridgehead atoms. The van der Waals surface area contributed by atoms with Crippen molar-refractivity contribution in [1.82, 2.24) is 0 Å². The van der Waals surface area contributed by atoms with Crippen LogP contribution in [-0.4, -0.2) is 36.6 Å². The maximum Gasteiger partial charge on any atom is 0.122 e. The molecule has 0 atom stereocenters. The van der Waals surface area contributed by atoms with Crippen LogP contribution in [0.2, 0.25) is 0 Å². The molecule has 2 aromatic rings. The van der Waals surface area contributed by atoms with Gasteiger partial charge in [-0.05, 0) is 86.1 Å². The van der Waals surface area contributed by atoms with Crippen molar-refractivity contribution in [2.24, 2.45) is 0 Å². The lowest BCUT2D eigenvalue weighted by Crippen LogP contribution is -2.00. The van der Waals surface area contributed by atoms with E-state index >= 15 is 0 Å². The maximum absolute atomic E-state index is 8.82. The molecule has 2 N–H and O–H groups in total. The first-order valence-corrected chi connectivity index (χ1v) is 9.34. The van der Waals surface area contributed by atoms with E-state index in [0.29, 0.717) is 13.2 Å². The number of hydrogen-bond donors (Lipinski definition) is 2. The van der Waals surface area contributed by atoms with Crippen molar-refractivity contribution in [2.45, 2.75) is 39.5 Å². The van der Waals surface area contributed by atoms with Crippen LogP contribution in [0.25, 0.3) is 11.1 Å². The smallest absolute Gasteiger partial charge is 0.122 e. The minimum Gasteiger partial charge on any atom is -0.493 e. The van der Waals surface area contributed by atoms with E-state index in [1.54, 1.807) is 0 Å². The van der Waals surface area contributed by atoms with Crippen LogP contribution in [0.5, 0.6) is 11.5 Å². The van der Waals surface area contributed by atoms with Gasteiger partial charge in [-0.15, -0.1) is 0 Å². The summed E-state index contributed by atoms with van der Waals surface area (Å²) in [7, 11) is 0. The monoisotopic (exact) mass is 358 g/mol. The maximum atomic E-state index is 8.82. The molecule has 0 saturated carbocycles. The molecule has 2 rings (SSSR count). The van der Waals surface area contributed by atoms with E-state index in [1.165, 1.54) is 0 Å². The van der Waals surface area contributed by atoms with Crippen LogP contribution in [-0.2, 0) is 0 Å². The number of hydrogen-bond acceptors (Lipinski definition) is 4. The predicted molar refractivity (Wildman–Crippen MR) is 105 cm³/mol. The van der Waals surface area contributed by atoms with Crippen molar-refractivity contribution in [3.05, 3.63) is 47.5 Å². The first-order chi connectivity index (χ1) is 12.7. The van der Waals surface area contributed by atoms with E-state index in [1.807, 2.05) is 12.1 Å². The highest BCUT2D eigenvalue weighted by Crippen LogP contribution is 2.29. The van der Waals surface area contributed by atoms with Gasteiger partial charge in [0.2, 0.25) is 0 Å². The summed E-state index contributed by atoms with van der Waals surface area (Å²) in [4.78, 5) is 0. The molecule has 142 valence electrons. The average Bonchev–Trinajstić information content (AvgIpc) is 2.64. The molecule has 0 aliphatic carbocycles. The normalized spacial score (nSPS) is 10.8. The van der Waals surface area contributed by atoms with Gasteiger partial charge in [-0.3, -0.25) is 0 Å². The Morgan fingerprint density at radius 1 is 0.654 bits per heavy atom. The molecule has 2 aromatic carbocycles. The van der Waals surface area contributed by atoms with Crippen molar-refractivity contribution in [1.29, 1.82) is 0 Å². The zero-order valence-corrected chi connectivity index (χ0v) is 15.8. The molecule has 4 heteroatoms. The van der Waals surface area contributed by atoms with Gasteiger partial charge in [0.15, 0.2) is 0 Å². The standard InChI is InChI=1S/C22H30O4/c1-17-15-19(7-9-21(17)25-13-5-3-11-23)20-8-10-22(18(2)16-20)26-14-6-4-12-24/h7-10,15-16,23-24H,3-6,11-14H2,1-2H3. The van der Waals surface area contributed by atoms with Crippen LogP contribution in [0.15, 0.2) is 36.4 Å². The van der Waals surface area contributed by atoms with Crippen LogP contribution in [0.4, 0.5) is 0 Å². The Labute approximate surface area is 156 Å². The summed E-state index contributed by atoms with van der Waals surface area (Å²) in [5.74, 6) is 1.79. The van der Waals surface area contributed by atoms with Crippen molar-refractivity contribution < 1.29 is 19.7 Å². The summed E-state index contributed by atoms with van der Waals surface area (Å²) in [5, 5.41) is 17.6. The number of aliphatic hydroxyl groups is 2. The number of ether oxygens (including phenoxy) is 2. The van der Waals surface area contributed by atoms with Gasteiger partial charge in [-0.2, -0.15) is 0 Å². The molecule has 0 spiro atoms. The van der Waals surface area contributed by atoms with Crippen LogP contribution < -0.4 is 9.47 Å². The zero-order valence-electron chi connectivity index (χ0n) is 15.8. The largest absolute Gasteiger partial charge is 0.493 e. The van der Waals surface area contributed by atoms with E-state index in [0.717, 1.165) is 59.4 Å². The molecule has 0 radical (unpaired) electrons. The topological polar surface area (TPSA) is 58.9 Å². The highest BCUT2D eigenvalue weighted by Gasteiger charge is 2.06. The molecular formula is C22H30O4. The summed E-state index contributed by atoms with van der Waals surface area (Å²) in [6.07, 6.45) is 3.25. The molecule has 0 aliphatic rings. The summed E-state index contributed by atoms with van der Waals surface area (Å²) in [5.41, 5.74) is 4.52. The van der Waals surface area contributed by atoms with Gasteiger partial charge in [-0.1, -0.05) is 12.1 Å². The molecule has 0 amide bonds. The molecule has 0 unspecified atom stereocenters. The zero-order chi connectivity index (χ0) is 18.8. The van der Waals surface area contributed by atoms with Gasteiger partial charge in [0.25, 0.3) is 0 Å². The molecule has 4 nitrogen and oxygen atoms in total. The third kappa shape index (κ3) is 6.04. The van der Waals surface area contributed by atoms with E-state index in [9.17, 15) is 0 Å². The predicted octanol–water partition coefficient (Wildman–Crippen LogP) is 4.27. The Hall–Kier alpha value is -2.04. The number of aliphatic hydroxyl groups excluding tert-OH is 2. The van der Waals surface area contributed by atoms with Crippen molar-refractivity contribution in [3.63, 3.8) is 0 Å². The quantitative estimate of drug-likeness (QED) is 0.589. The Morgan fingerprint density at radius 3 is 1.42 bits per heavy atom. The van der Waals surface area contributed by atoms with Gasteiger partial charge in [-0.25, -0.2) is 0 Å². The third-order valence-corrected chi connectivity index (χ3v) is 4.30. The fourth-order valence-electron chi connectivity index (χ4n) is 2.77. The SMILES string of the molecule is Cc1cc(-c2ccc(OCCCCO)c(C)c2)ccc1OCCCCO. The number of unbranched alkanes of at least 4 members (excludes halogenated alkanes) is 2. The van der Waals surface area contributed by atoms with Crippen LogP contribution in [0.3, 0.4) is 0 Å². The second-order valence-electron chi connectivity index (χ2n) is 6.52. The molecule has 0 aromatic heterocycles. The third-order valence-electron chi connectivity index (χ3n) is 4.30. The van der Waals surface area contributed by atoms with Crippen molar-refractivity contribution in [2.75, 3.05) is 26.4 Å². The van der Waals surface area contributed by atoms with Crippen molar-refractivity contribution in [3.8, 4) is 22.6 Å². The molecule has 0 heterocycles. The fraction of sp³-hybridized carbons (Fsp3) is 0.455. The second kappa shape index (κ2) is 10.8. The first kappa shape index (κ1) is 20.3. The molecule has 0 saturated heterocycles. The molecule has 0 aliphatic heterocycles. The average molecular weight is 358 g/mol. The van der Waals surface area contributed by atoms with Gasteiger partial charge < -0.3 is 19.7 Å². The summed E-state index contributed by atoms with van der Waals surface area (Å²) < 4.78 is 11.6. The van der Waals surface area contributed by atoms with Gasteiger partial charge >= 0.3 is 0 Å². The van der Waals surface area contributed by atoms with Crippen LogP contribution in [0, 0.1) is 13.8 Å². The number of rotatable bonds is 11. The molecule has 26 heavy (non-hydrogen) atoms. The van der Waals surface area contributed by atoms with Crippen molar-refractivity contribution >= 4 is 0 Å². The summed E-state index contributed by atoms with van der Waals surface area (Å²) >= 11 is 0. The van der Waals surface area contributed by atoms with E-state index in [4.69, 9.17) is 19.7 Å². The van der Waals surface area contributed by atoms with Crippen LogP contribution in [0.1, 0.15) is 36.8 Å². The molecule has 0 fully saturated rings. The summed E-state index contributed by atoms with van der Waals surface area (Å²) in [6, 6.07) is 12.4. The Kier molecular flexibility index (Phi) is 8.45. The second-order valence-corrected chi connectivity index (χ2v) is 6.52.